The quantitative estimate of drug-likeness (QED) is 0.500. The summed E-state index contributed by atoms with van der Waals surface area (Å²) in [6, 6.07) is 10.8. The molecule has 1 atom stereocenters. The smallest absolute Gasteiger partial charge is 0.291 e. The summed E-state index contributed by atoms with van der Waals surface area (Å²) in [6.45, 7) is 2.17. The highest BCUT2D eigenvalue weighted by molar-refractivity contribution is 5.99. The van der Waals surface area contributed by atoms with Crippen molar-refractivity contribution in [1.82, 2.24) is 4.90 Å². The lowest BCUT2D eigenvalue weighted by Crippen LogP contribution is -2.29. The highest BCUT2D eigenvalue weighted by atomic mass is 19.1. The zero-order chi connectivity index (χ0) is 22.4. The van der Waals surface area contributed by atoms with E-state index in [1.165, 1.54) is 29.4 Å². The number of amides is 1. The monoisotopic (exact) mass is 435 g/mol. The largest absolute Gasteiger partial charge is 0.504 e. The van der Waals surface area contributed by atoms with E-state index in [2.05, 4.69) is 0 Å². The van der Waals surface area contributed by atoms with E-state index in [9.17, 15) is 19.1 Å². The second kappa shape index (κ2) is 7.56. The number of aromatic hydroxyl groups is 1. The van der Waals surface area contributed by atoms with Crippen molar-refractivity contribution in [1.29, 1.82) is 0 Å². The van der Waals surface area contributed by atoms with Gasteiger partial charge < -0.3 is 23.6 Å². The van der Waals surface area contributed by atoms with E-state index in [-0.39, 0.29) is 40.3 Å². The number of carbonyl (C=O) groups is 1. The number of phenols is 1. The topological polar surface area (TPSA) is 93.1 Å². The highest BCUT2D eigenvalue weighted by Gasteiger charge is 2.43. The van der Waals surface area contributed by atoms with Gasteiger partial charge in [0.25, 0.3) is 5.91 Å². The normalized spacial score (nSPS) is 15.4. The van der Waals surface area contributed by atoms with Gasteiger partial charge in [-0.05, 0) is 55.0 Å². The molecule has 0 saturated heterocycles. The third kappa shape index (κ3) is 3.11. The molecule has 4 aromatic rings. The van der Waals surface area contributed by atoms with Crippen LogP contribution >= 0.6 is 0 Å². The van der Waals surface area contributed by atoms with E-state index in [0.717, 1.165) is 6.07 Å². The SMILES string of the molecule is CCOc1cc([C@H]2c3c(oc4ccc(F)cc4c3=O)C(=O)N2Cc2ccco2)ccc1O. The minimum Gasteiger partial charge on any atom is -0.504 e. The van der Waals surface area contributed by atoms with Crippen molar-refractivity contribution in [2.24, 2.45) is 0 Å². The molecule has 0 radical (unpaired) electrons. The van der Waals surface area contributed by atoms with Crippen molar-refractivity contribution in [2.75, 3.05) is 6.61 Å². The molecule has 32 heavy (non-hydrogen) atoms. The summed E-state index contributed by atoms with van der Waals surface area (Å²) in [5, 5.41) is 10.2. The van der Waals surface area contributed by atoms with Crippen molar-refractivity contribution < 1.29 is 27.9 Å². The number of rotatable bonds is 5. The molecule has 1 amide bonds. The molecule has 1 aliphatic heterocycles. The van der Waals surface area contributed by atoms with Crippen molar-refractivity contribution in [3.63, 3.8) is 0 Å². The molecule has 0 bridgehead atoms. The second-order valence-electron chi connectivity index (χ2n) is 7.39. The molecule has 0 spiro atoms. The molecule has 0 unspecified atom stereocenters. The van der Waals surface area contributed by atoms with Gasteiger partial charge >= 0.3 is 0 Å². The van der Waals surface area contributed by atoms with Crippen LogP contribution in [0.15, 0.2) is 68.4 Å². The third-order valence-electron chi connectivity index (χ3n) is 5.43. The first-order valence-corrected chi connectivity index (χ1v) is 10.0. The fourth-order valence-corrected chi connectivity index (χ4v) is 4.04. The molecule has 2 aromatic heterocycles. The van der Waals surface area contributed by atoms with E-state index >= 15 is 0 Å². The van der Waals surface area contributed by atoms with E-state index in [0.29, 0.717) is 17.9 Å². The summed E-state index contributed by atoms with van der Waals surface area (Å²) < 4.78 is 30.5. The zero-order valence-electron chi connectivity index (χ0n) is 17.0. The van der Waals surface area contributed by atoms with Crippen LogP contribution in [0.4, 0.5) is 4.39 Å². The minimum absolute atomic E-state index is 0.0465. The molecule has 0 aliphatic carbocycles. The van der Waals surface area contributed by atoms with Gasteiger partial charge in [0.1, 0.15) is 17.2 Å². The summed E-state index contributed by atoms with van der Waals surface area (Å²) in [4.78, 5) is 28.2. The highest BCUT2D eigenvalue weighted by Crippen LogP contribution is 2.41. The Labute approximate surface area is 181 Å². The van der Waals surface area contributed by atoms with Gasteiger partial charge in [0.15, 0.2) is 16.9 Å². The van der Waals surface area contributed by atoms with Crippen LogP contribution in [-0.4, -0.2) is 22.5 Å². The van der Waals surface area contributed by atoms with Crippen LogP contribution < -0.4 is 10.2 Å². The van der Waals surface area contributed by atoms with Crippen LogP contribution in [-0.2, 0) is 6.54 Å². The Morgan fingerprint density at radius 3 is 2.75 bits per heavy atom. The number of ether oxygens (including phenoxy) is 1. The molecule has 1 N–H and O–H groups in total. The van der Waals surface area contributed by atoms with Crippen molar-refractivity contribution in [2.45, 2.75) is 19.5 Å². The van der Waals surface area contributed by atoms with E-state index in [1.807, 2.05) is 0 Å². The molecule has 1 aliphatic rings. The van der Waals surface area contributed by atoms with Crippen molar-refractivity contribution in [3.8, 4) is 11.5 Å². The number of halogens is 1. The van der Waals surface area contributed by atoms with Crippen LogP contribution in [0, 0.1) is 5.82 Å². The van der Waals surface area contributed by atoms with Crippen LogP contribution in [0.3, 0.4) is 0 Å². The molecule has 162 valence electrons. The van der Waals surface area contributed by atoms with Gasteiger partial charge in [-0.2, -0.15) is 0 Å². The third-order valence-corrected chi connectivity index (χ3v) is 5.43. The van der Waals surface area contributed by atoms with Gasteiger partial charge in [-0.3, -0.25) is 9.59 Å². The molecule has 2 aromatic carbocycles. The Morgan fingerprint density at radius 2 is 2.00 bits per heavy atom. The maximum Gasteiger partial charge on any atom is 0.291 e. The molecule has 5 rings (SSSR count). The fourth-order valence-electron chi connectivity index (χ4n) is 4.04. The predicted octanol–water partition coefficient (Wildman–Crippen LogP) is 4.37. The van der Waals surface area contributed by atoms with E-state index in [4.69, 9.17) is 13.6 Å². The lowest BCUT2D eigenvalue weighted by atomic mass is 9.98. The molecule has 7 nitrogen and oxygen atoms in total. The van der Waals surface area contributed by atoms with Gasteiger partial charge in [-0.1, -0.05) is 6.07 Å². The first kappa shape index (κ1) is 19.9. The molecular weight excluding hydrogens is 417 g/mol. The number of benzene rings is 2. The Hall–Kier alpha value is -4.07. The Balaban J connectivity index is 1.74. The number of hydrogen-bond acceptors (Lipinski definition) is 6. The van der Waals surface area contributed by atoms with Gasteiger partial charge in [0.05, 0.1) is 36.4 Å². The first-order valence-electron chi connectivity index (χ1n) is 10.0. The number of furan rings is 1. The standard InChI is InChI=1S/C24H18FNO6/c1-2-30-19-10-13(5-7-17(19)27)21-20-22(28)16-11-14(25)6-8-18(16)32-23(20)24(29)26(21)12-15-4-3-9-31-15/h3-11,21,27H,2,12H2,1H3/t21-/m0/s1. The van der Waals surface area contributed by atoms with Gasteiger partial charge in [-0.15, -0.1) is 0 Å². The van der Waals surface area contributed by atoms with Gasteiger partial charge in [0.2, 0.25) is 5.76 Å². The van der Waals surface area contributed by atoms with Gasteiger partial charge in [0, 0.05) is 0 Å². The average molecular weight is 435 g/mol. The van der Waals surface area contributed by atoms with Crippen molar-refractivity contribution in [3.05, 3.63) is 93.5 Å². The number of carbonyl (C=O) groups excluding carboxylic acids is 1. The average Bonchev–Trinajstić information content (AvgIpc) is 3.38. The fraction of sp³-hybridized carbons (Fsp3) is 0.167. The van der Waals surface area contributed by atoms with Crippen LogP contribution in [0.5, 0.6) is 11.5 Å². The summed E-state index contributed by atoms with van der Waals surface area (Å²) in [5.74, 6) is -0.498. The van der Waals surface area contributed by atoms with E-state index < -0.39 is 23.2 Å². The minimum atomic E-state index is -0.841. The Morgan fingerprint density at radius 1 is 1.16 bits per heavy atom. The van der Waals surface area contributed by atoms with Crippen LogP contribution in [0.2, 0.25) is 0 Å². The molecule has 3 heterocycles. The summed E-state index contributed by atoms with van der Waals surface area (Å²) in [6.07, 6.45) is 1.49. The Bertz CT molecular complexity index is 1390. The Kier molecular flexibility index (Phi) is 4.70. The molecule has 0 fully saturated rings. The molecule has 0 saturated carbocycles. The lowest BCUT2D eigenvalue weighted by molar-refractivity contribution is 0.0701. The second-order valence-corrected chi connectivity index (χ2v) is 7.39. The van der Waals surface area contributed by atoms with Crippen LogP contribution in [0.1, 0.15) is 40.4 Å². The predicted molar refractivity (Wildman–Crippen MR) is 112 cm³/mol. The lowest BCUT2D eigenvalue weighted by Gasteiger charge is -2.24. The van der Waals surface area contributed by atoms with E-state index in [1.54, 1.807) is 31.2 Å². The van der Waals surface area contributed by atoms with Gasteiger partial charge in [-0.25, -0.2) is 4.39 Å². The molecular formula is C24H18FNO6. The molecule has 8 heteroatoms. The maximum absolute atomic E-state index is 13.9. The zero-order valence-corrected chi connectivity index (χ0v) is 17.0. The summed E-state index contributed by atoms with van der Waals surface area (Å²) in [7, 11) is 0. The summed E-state index contributed by atoms with van der Waals surface area (Å²) in [5.41, 5.74) is 0.274. The number of nitrogens with zero attached hydrogens (tertiary/aromatic N) is 1. The maximum atomic E-state index is 13.9. The summed E-state index contributed by atoms with van der Waals surface area (Å²) >= 11 is 0. The number of phenolic OH excluding ortho intramolecular Hbond substituents is 1. The van der Waals surface area contributed by atoms with Crippen molar-refractivity contribution >= 4 is 16.9 Å². The van der Waals surface area contributed by atoms with Crippen LogP contribution in [0.25, 0.3) is 11.0 Å². The number of hydrogen-bond donors (Lipinski definition) is 1. The first-order chi connectivity index (χ1) is 15.5. The number of fused-ring (bicyclic) bond motifs is 2.